The lowest BCUT2D eigenvalue weighted by atomic mass is 10.2. The van der Waals surface area contributed by atoms with Crippen molar-refractivity contribution in [1.82, 2.24) is 0 Å². The minimum absolute atomic E-state index is 0.0402. The Morgan fingerprint density at radius 3 is 2.61 bits per heavy atom. The average Bonchev–Trinajstić information content (AvgIpc) is 2.27. The van der Waals surface area contributed by atoms with Crippen LogP contribution in [0, 0.1) is 0 Å². The maximum Gasteiger partial charge on any atom is 0.417 e. The minimum Gasteiger partial charge on any atom is -0.326 e. The van der Waals surface area contributed by atoms with Gasteiger partial charge in [-0.05, 0) is 24.6 Å². The molecule has 0 heterocycles. The summed E-state index contributed by atoms with van der Waals surface area (Å²) in [5, 5.41) is 2.46. The molecule has 1 aromatic rings. The number of unbranched alkanes of at least 4 members (excludes halogenated alkanes) is 1. The van der Waals surface area contributed by atoms with E-state index in [-0.39, 0.29) is 16.1 Å². The molecule has 1 aromatic carbocycles. The van der Waals surface area contributed by atoms with Gasteiger partial charge in [-0.25, -0.2) is 0 Å². The van der Waals surface area contributed by atoms with Crippen molar-refractivity contribution in [2.75, 3.05) is 5.32 Å². The summed E-state index contributed by atoms with van der Waals surface area (Å²) in [5.41, 5.74) is -0.637. The van der Waals surface area contributed by atoms with Crippen LogP contribution in [0.3, 0.4) is 0 Å². The molecule has 0 atom stereocenters. The highest BCUT2D eigenvalue weighted by Crippen LogP contribution is 2.36. The fourth-order valence-electron chi connectivity index (χ4n) is 1.38. The molecular formula is C12H13BrF3NO. The van der Waals surface area contributed by atoms with Crippen molar-refractivity contribution in [3.8, 4) is 0 Å². The van der Waals surface area contributed by atoms with Crippen LogP contribution >= 0.6 is 15.9 Å². The number of hydrogen-bond acceptors (Lipinski definition) is 1. The van der Waals surface area contributed by atoms with Crippen LogP contribution in [0.5, 0.6) is 0 Å². The number of alkyl halides is 3. The Labute approximate surface area is 112 Å². The van der Waals surface area contributed by atoms with Crippen molar-refractivity contribution in [3.63, 3.8) is 0 Å². The summed E-state index contributed by atoms with van der Waals surface area (Å²) in [6, 6.07) is 3.63. The molecule has 1 N–H and O–H groups in total. The molecule has 0 aliphatic heterocycles. The highest BCUT2D eigenvalue weighted by molar-refractivity contribution is 9.10. The first kappa shape index (κ1) is 15.0. The van der Waals surface area contributed by atoms with Crippen LogP contribution in [0.1, 0.15) is 31.7 Å². The molecule has 1 amide bonds. The number of carbonyl (C=O) groups excluding carboxylic acids is 1. The van der Waals surface area contributed by atoms with E-state index in [4.69, 9.17) is 0 Å². The molecule has 0 radical (unpaired) electrons. The van der Waals surface area contributed by atoms with E-state index >= 15 is 0 Å². The number of carbonyl (C=O) groups is 1. The first-order valence-corrected chi connectivity index (χ1v) is 6.30. The first-order valence-electron chi connectivity index (χ1n) is 5.51. The van der Waals surface area contributed by atoms with Gasteiger partial charge in [0.25, 0.3) is 0 Å². The number of benzene rings is 1. The summed E-state index contributed by atoms with van der Waals surface area (Å²) in [4.78, 5) is 11.4. The standard InChI is InChI=1S/C12H13BrF3NO/c1-2-3-4-11(18)17-8-5-6-10(13)9(7-8)12(14,15)16/h5-7H,2-4H2,1H3,(H,17,18). The third-order valence-electron chi connectivity index (χ3n) is 2.31. The normalized spacial score (nSPS) is 11.4. The molecule has 0 unspecified atom stereocenters. The molecule has 0 bridgehead atoms. The topological polar surface area (TPSA) is 29.1 Å². The van der Waals surface area contributed by atoms with Gasteiger partial charge < -0.3 is 5.32 Å². The van der Waals surface area contributed by atoms with Crippen LogP contribution in [0.15, 0.2) is 22.7 Å². The van der Waals surface area contributed by atoms with Crippen molar-refractivity contribution in [2.24, 2.45) is 0 Å². The zero-order valence-electron chi connectivity index (χ0n) is 9.77. The predicted octanol–water partition coefficient (Wildman–Crippen LogP) is 4.60. The number of nitrogens with one attached hydrogen (secondary N) is 1. The Morgan fingerprint density at radius 1 is 1.39 bits per heavy atom. The highest BCUT2D eigenvalue weighted by Gasteiger charge is 2.33. The van der Waals surface area contributed by atoms with Gasteiger partial charge >= 0.3 is 6.18 Å². The van der Waals surface area contributed by atoms with E-state index in [0.717, 1.165) is 12.5 Å². The third kappa shape index (κ3) is 4.33. The summed E-state index contributed by atoms with van der Waals surface area (Å²) in [6.07, 6.45) is -2.55. The minimum atomic E-state index is -4.44. The highest BCUT2D eigenvalue weighted by atomic mass is 79.9. The van der Waals surface area contributed by atoms with Crippen LogP contribution in [0.4, 0.5) is 18.9 Å². The number of hydrogen-bond donors (Lipinski definition) is 1. The zero-order valence-corrected chi connectivity index (χ0v) is 11.4. The summed E-state index contributed by atoms with van der Waals surface area (Å²) >= 11 is 2.84. The second kappa shape index (κ2) is 6.22. The molecule has 0 fully saturated rings. The van der Waals surface area contributed by atoms with E-state index in [1.807, 2.05) is 6.92 Å². The van der Waals surface area contributed by atoms with Crippen LogP contribution in [0.25, 0.3) is 0 Å². The number of halogens is 4. The third-order valence-corrected chi connectivity index (χ3v) is 3.00. The molecule has 0 aliphatic carbocycles. The molecule has 0 saturated carbocycles. The molecule has 100 valence electrons. The van der Waals surface area contributed by atoms with Gasteiger partial charge in [-0.1, -0.05) is 29.3 Å². The van der Waals surface area contributed by atoms with Crippen LogP contribution in [0.2, 0.25) is 0 Å². The van der Waals surface area contributed by atoms with Crippen LogP contribution < -0.4 is 5.32 Å². The molecule has 0 spiro atoms. The second-order valence-electron chi connectivity index (χ2n) is 3.84. The van der Waals surface area contributed by atoms with E-state index in [1.165, 1.54) is 12.1 Å². The van der Waals surface area contributed by atoms with Gasteiger partial charge in [0, 0.05) is 16.6 Å². The van der Waals surface area contributed by atoms with E-state index in [1.54, 1.807) is 0 Å². The van der Waals surface area contributed by atoms with E-state index < -0.39 is 11.7 Å². The molecule has 1 rings (SSSR count). The molecule has 2 nitrogen and oxygen atoms in total. The summed E-state index contributed by atoms with van der Waals surface area (Å²) in [7, 11) is 0. The largest absolute Gasteiger partial charge is 0.417 e. The first-order chi connectivity index (χ1) is 8.34. The van der Waals surface area contributed by atoms with Crippen molar-refractivity contribution in [3.05, 3.63) is 28.2 Å². The Kier molecular flexibility index (Phi) is 5.19. The van der Waals surface area contributed by atoms with Gasteiger partial charge in [-0.15, -0.1) is 0 Å². The predicted molar refractivity (Wildman–Crippen MR) is 67.3 cm³/mol. The van der Waals surface area contributed by atoms with Gasteiger partial charge in [-0.3, -0.25) is 4.79 Å². The Hall–Kier alpha value is -1.04. The Balaban J connectivity index is 2.83. The summed E-state index contributed by atoms with van der Waals surface area (Å²) < 4.78 is 37.8. The average molecular weight is 324 g/mol. The number of amides is 1. The van der Waals surface area contributed by atoms with E-state index in [0.29, 0.717) is 12.8 Å². The Bertz CT molecular complexity index is 432. The van der Waals surface area contributed by atoms with Gasteiger partial charge in [0.15, 0.2) is 0 Å². The maximum atomic E-state index is 12.6. The number of anilines is 1. The molecule has 18 heavy (non-hydrogen) atoms. The van der Waals surface area contributed by atoms with Crippen molar-refractivity contribution in [1.29, 1.82) is 0 Å². The smallest absolute Gasteiger partial charge is 0.326 e. The molecular weight excluding hydrogens is 311 g/mol. The molecule has 0 saturated heterocycles. The van der Waals surface area contributed by atoms with Gasteiger partial charge in [0.05, 0.1) is 5.56 Å². The molecule has 6 heteroatoms. The van der Waals surface area contributed by atoms with Crippen LogP contribution in [-0.2, 0) is 11.0 Å². The zero-order chi connectivity index (χ0) is 13.8. The SMILES string of the molecule is CCCCC(=O)Nc1ccc(Br)c(C(F)(F)F)c1. The lowest BCUT2D eigenvalue weighted by molar-refractivity contribution is -0.138. The summed E-state index contributed by atoms with van der Waals surface area (Å²) in [5.74, 6) is -0.271. The van der Waals surface area contributed by atoms with Crippen molar-refractivity contribution in [2.45, 2.75) is 32.4 Å². The monoisotopic (exact) mass is 323 g/mol. The quantitative estimate of drug-likeness (QED) is 0.862. The molecule has 0 aliphatic rings. The fraction of sp³-hybridized carbons (Fsp3) is 0.417. The molecule has 0 aromatic heterocycles. The van der Waals surface area contributed by atoms with Crippen molar-refractivity contribution < 1.29 is 18.0 Å². The fourth-order valence-corrected chi connectivity index (χ4v) is 1.85. The van der Waals surface area contributed by atoms with Crippen molar-refractivity contribution >= 4 is 27.5 Å². The van der Waals surface area contributed by atoms with Gasteiger partial charge in [0.1, 0.15) is 0 Å². The van der Waals surface area contributed by atoms with Crippen LogP contribution in [-0.4, -0.2) is 5.91 Å². The van der Waals surface area contributed by atoms with Gasteiger partial charge in [-0.2, -0.15) is 13.2 Å². The lowest BCUT2D eigenvalue weighted by Gasteiger charge is -2.11. The number of rotatable bonds is 4. The van der Waals surface area contributed by atoms with E-state index in [2.05, 4.69) is 21.2 Å². The maximum absolute atomic E-state index is 12.6. The summed E-state index contributed by atoms with van der Waals surface area (Å²) in [6.45, 7) is 1.94. The van der Waals surface area contributed by atoms with Gasteiger partial charge in [0.2, 0.25) is 5.91 Å². The van der Waals surface area contributed by atoms with E-state index in [9.17, 15) is 18.0 Å². The Morgan fingerprint density at radius 2 is 2.06 bits per heavy atom. The second-order valence-corrected chi connectivity index (χ2v) is 4.70. The lowest BCUT2D eigenvalue weighted by Crippen LogP contribution is -2.12.